The molecule has 3 heteroatoms. The summed E-state index contributed by atoms with van der Waals surface area (Å²) in [6, 6.07) is 0. The van der Waals surface area contributed by atoms with Crippen LogP contribution in [-0.4, -0.2) is 22.3 Å². The van der Waals surface area contributed by atoms with Crippen molar-refractivity contribution in [2.45, 2.75) is 65.1 Å². The molecule has 0 aromatic rings. The van der Waals surface area contributed by atoms with E-state index in [0.29, 0.717) is 0 Å². The third kappa shape index (κ3) is 3.50. The minimum atomic E-state index is -0.920. The van der Waals surface area contributed by atoms with Crippen LogP contribution in [0.1, 0.15) is 53.9 Å². The van der Waals surface area contributed by atoms with Gasteiger partial charge in [-0.1, -0.05) is 43.7 Å². The van der Waals surface area contributed by atoms with Gasteiger partial charge in [-0.2, -0.15) is 0 Å². The van der Waals surface area contributed by atoms with Crippen molar-refractivity contribution in [2.24, 2.45) is 5.41 Å². The summed E-state index contributed by atoms with van der Waals surface area (Å²) in [5.41, 5.74) is 1.85. The van der Waals surface area contributed by atoms with Crippen molar-refractivity contribution < 1.29 is 14.6 Å². The molecule has 1 saturated carbocycles. The zero-order chi connectivity index (χ0) is 17.3. The molecule has 2 aliphatic rings. The minimum Gasteiger partial charge on any atom is -0.478 e. The molecule has 1 N–H and O–H groups in total. The highest BCUT2D eigenvalue weighted by molar-refractivity contribution is 5.81. The van der Waals surface area contributed by atoms with Crippen molar-refractivity contribution in [3.8, 4) is 0 Å². The second-order valence-corrected chi connectivity index (χ2v) is 7.64. The molecule has 1 aliphatic carbocycles. The fourth-order valence-corrected chi connectivity index (χ4v) is 3.81. The second kappa shape index (κ2) is 6.12. The monoisotopic (exact) mass is 316 g/mol. The molecule has 2 unspecified atom stereocenters. The zero-order valence-corrected chi connectivity index (χ0v) is 14.8. The summed E-state index contributed by atoms with van der Waals surface area (Å²) in [5, 5.41) is 8.68. The molecule has 2 atom stereocenters. The van der Waals surface area contributed by atoms with Gasteiger partial charge in [0.25, 0.3) is 0 Å². The standard InChI is InChI=1S/C20H28O3/c1-15(8-6-9-16(2)14-17(21)22)10-13-20-18(3,4)11-7-12-19(20,5)23-20/h6,8-10,13-14H,7,11-12H2,1-5H3,(H,21,22)/b9-6+,13-10+,15-8-,16-14+. The molecule has 2 fully saturated rings. The number of carboxylic acids is 1. The van der Waals surface area contributed by atoms with E-state index < -0.39 is 5.97 Å². The fraction of sp³-hybridized carbons (Fsp3) is 0.550. The van der Waals surface area contributed by atoms with Gasteiger partial charge in [0.15, 0.2) is 0 Å². The molecule has 1 saturated heterocycles. The van der Waals surface area contributed by atoms with Crippen LogP contribution in [0.15, 0.2) is 47.6 Å². The van der Waals surface area contributed by atoms with Gasteiger partial charge in [0.1, 0.15) is 5.60 Å². The quantitative estimate of drug-likeness (QED) is 0.450. The number of epoxide rings is 1. The summed E-state index contributed by atoms with van der Waals surface area (Å²) >= 11 is 0. The molecule has 0 aromatic carbocycles. The highest BCUT2D eigenvalue weighted by Crippen LogP contribution is 2.66. The number of hydrogen-bond acceptors (Lipinski definition) is 2. The Hall–Kier alpha value is -1.61. The van der Waals surface area contributed by atoms with Crippen LogP contribution in [0.25, 0.3) is 0 Å². The minimum absolute atomic E-state index is 0.0117. The van der Waals surface area contributed by atoms with Crippen molar-refractivity contribution in [3.05, 3.63) is 47.6 Å². The van der Waals surface area contributed by atoms with Crippen LogP contribution in [0, 0.1) is 5.41 Å². The molecular weight excluding hydrogens is 288 g/mol. The van der Waals surface area contributed by atoms with E-state index in [2.05, 4.69) is 32.9 Å². The van der Waals surface area contributed by atoms with E-state index in [9.17, 15) is 4.79 Å². The zero-order valence-electron chi connectivity index (χ0n) is 14.8. The Kier molecular flexibility index (Phi) is 4.72. The average molecular weight is 316 g/mol. The largest absolute Gasteiger partial charge is 0.478 e. The third-order valence-corrected chi connectivity index (χ3v) is 5.24. The van der Waals surface area contributed by atoms with Crippen molar-refractivity contribution >= 4 is 5.97 Å². The highest BCUT2D eigenvalue weighted by atomic mass is 16.6. The molecule has 1 aliphatic heterocycles. The first-order valence-electron chi connectivity index (χ1n) is 8.28. The van der Waals surface area contributed by atoms with Gasteiger partial charge in [-0.25, -0.2) is 4.79 Å². The summed E-state index contributed by atoms with van der Waals surface area (Å²) in [5.74, 6) is -0.920. The smallest absolute Gasteiger partial charge is 0.328 e. The van der Waals surface area contributed by atoms with E-state index in [1.54, 1.807) is 13.0 Å². The molecule has 2 rings (SSSR count). The summed E-state index contributed by atoms with van der Waals surface area (Å²) in [6.07, 6.45) is 14.8. The van der Waals surface area contributed by atoms with Crippen molar-refractivity contribution in [1.29, 1.82) is 0 Å². The lowest BCUT2D eigenvalue weighted by Gasteiger charge is -2.36. The second-order valence-electron chi connectivity index (χ2n) is 7.64. The van der Waals surface area contributed by atoms with E-state index in [0.717, 1.165) is 17.6 Å². The average Bonchev–Trinajstić information content (AvgIpc) is 3.03. The Labute approximate surface area is 139 Å². The summed E-state index contributed by atoms with van der Waals surface area (Å²) in [6.45, 7) is 10.6. The molecule has 126 valence electrons. The van der Waals surface area contributed by atoms with Crippen LogP contribution >= 0.6 is 0 Å². The van der Waals surface area contributed by atoms with Gasteiger partial charge in [0.2, 0.25) is 0 Å². The Morgan fingerprint density at radius 3 is 2.39 bits per heavy atom. The van der Waals surface area contributed by atoms with Gasteiger partial charge in [-0.15, -0.1) is 0 Å². The fourth-order valence-electron chi connectivity index (χ4n) is 3.81. The van der Waals surface area contributed by atoms with E-state index >= 15 is 0 Å². The Balaban J connectivity index is 2.07. The lowest BCUT2D eigenvalue weighted by atomic mass is 9.64. The molecular formula is C20H28O3. The molecule has 3 nitrogen and oxygen atoms in total. The molecule has 0 spiro atoms. The Bertz CT molecular complexity index is 606. The number of rotatable bonds is 5. The molecule has 1 heterocycles. The summed E-state index contributed by atoms with van der Waals surface area (Å²) < 4.78 is 6.20. The number of fused-ring (bicyclic) bond motifs is 1. The first kappa shape index (κ1) is 17.7. The number of carbonyl (C=O) groups is 1. The maximum absolute atomic E-state index is 10.6. The highest BCUT2D eigenvalue weighted by Gasteiger charge is 2.73. The maximum atomic E-state index is 10.6. The van der Waals surface area contributed by atoms with Crippen molar-refractivity contribution in [3.63, 3.8) is 0 Å². The van der Waals surface area contributed by atoms with E-state index in [1.165, 1.54) is 18.9 Å². The first-order chi connectivity index (χ1) is 10.6. The predicted octanol–water partition coefficient (Wildman–Crippen LogP) is 4.81. The number of aliphatic carboxylic acids is 1. The van der Waals surface area contributed by atoms with Crippen LogP contribution in [0.2, 0.25) is 0 Å². The lowest BCUT2D eigenvalue weighted by Crippen LogP contribution is -2.41. The van der Waals surface area contributed by atoms with Crippen LogP contribution in [-0.2, 0) is 9.53 Å². The molecule has 0 amide bonds. The predicted molar refractivity (Wildman–Crippen MR) is 93.3 cm³/mol. The van der Waals surface area contributed by atoms with E-state index in [1.807, 2.05) is 19.1 Å². The van der Waals surface area contributed by atoms with Crippen LogP contribution in [0.5, 0.6) is 0 Å². The lowest BCUT2D eigenvalue weighted by molar-refractivity contribution is -0.131. The summed E-state index contributed by atoms with van der Waals surface area (Å²) in [4.78, 5) is 10.6. The molecule has 0 radical (unpaired) electrons. The normalized spacial score (nSPS) is 34.0. The Morgan fingerprint density at radius 1 is 1.09 bits per heavy atom. The number of hydrogen-bond donors (Lipinski definition) is 1. The summed E-state index contributed by atoms with van der Waals surface area (Å²) in [7, 11) is 0. The molecule has 23 heavy (non-hydrogen) atoms. The van der Waals surface area contributed by atoms with Crippen LogP contribution < -0.4 is 0 Å². The molecule has 0 bridgehead atoms. The van der Waals surface area contributed by atoms with Gasteiger partial charge < -0.3 is 9.84 Å². The van der Waals surface area contributed by atoms with Crippen molar-refractivity contribution in [1.82, 2.24) is 0 Å². The van der Waals surface area contributed by atoms with Gasteiger partial charge in [-0.3, -0.25) is 0 Å². The van der Waals surface area contributed by atoms with Crippen LogP contribution in [0.3, 0.4) is 0 Å². The Morgan fingerprint density at radius 2 is 1.78 bits per heavy atom. The van der Waals surface area contributed by atoms with E-state index in [4.69, 9.17) is 9.84 Å². The van der Waals surface area contributed by atoms with Crippen LogP contribution in [0.4, 0.5) is 0 Å². The van der Waals surface area contributed by atoms with Crippen molar-refractivity contribution in [2.75, 3.05) is 0 Å². The van der Waals surface area contributed by atoms with Gasteiger partial charge >= 0.3 is 5.97 Å². The number of carboxylic acid groups (broad SMARTS) is 1. The van der Waals surface area contributed by atoms with E-state index in [-0.39, 0.29) is 16.6 Å². The maximum Gasteiger partial charge on any atom is 0.328 e. The third-order valence-electron chi connectivity index (χ3n) is 5.24. The number of allylic oxidation sites excluding steroid dienone is 6. The van der Waals surface area contributed by atoms with Gasteiger partial charge in [0.05, 0.1) is 5.60 Å². The van der Waals surface area contributed by atoms with Gasteiger partial charge in [0, 0.05) is 11.5 Å². The topological polar surface area (TPSA) is 49.8 Å². The molecule has 0 aromatic heterocycles. The SMILES string of the molecule is CC(=C/C=C/C(C)=C/C(=O)O)/C=C/C12OC1(C)CCCC2(C)C. The first-order valence-corrected chi connectivity index (χ1v) is 8.28. The van der Waals surface area contributed by atoms with Gasteiger partial charge in [-0.05, 0) is 51.7 Å². The number of ether oxygens (including phenoxy) is 1.